The van der Waals surface area contributed by atoms with Gasteiger partial charge in [-0.15, -0.1) is 0 Å². The highest BCUT2D eigenvalue weighted by Crippen LogP contribution is 2.26. The predicted molar refractivity (Wildman–Crippen MR) is 75.9 cm³/mol. The Morgan fingerprint density at radius 1 is 1.26 bits per heavy atom. The molecule has 0 saturated heterocycles. The van der Waals surface area contributed by atoms with Crippen molar-refractivity contribution in [1.82, 2.24) is 10.3 Å². The average molecular weight is 279 g/mol. The Morgan fingerprint density at radius 2 is 2.05 bits per heavy atom. The van der Waals surface area contributed by atoms with Crippen molar-refractivity contribution in [3.63, 3.8) is 0 Å². The summed E-state index contributed by atoms with van der Waals surface area (Å²) >= 11 is 6.16. The molecule has 1 unspecified atom stereocenters. The summed E-state index contributed by atoms with van der Waals surface area (Å²) < 4.78 is 13.3. The molecule has 2 rings (SSSR count). The molecular formula is C15H16ClFN2. The van der Waals surface area contributed by atoms with Gasteiger partial charge in [-0.3, -0.25) is 4.98 Å². The first kappa shape index (κ1) is 14.0. The summed E-state index contributed by atoms with van der Waals surface area (Å²) in [4.78, 5) is 3.90. The molecule has 2 nitrogen and oxygen atoms in total. The van der Waals surface area contributed by atoms with E-state index < -0.39 is 0 Å². The number of nitrogens with one attached hydrogen (secondary N) is 1. The van der Waals surface area contributed by atoms with Gasteiger partial charge in [0.1, 0.15) is 5.82 Å². The second-order valence-corrected chi connectivity index (χ2v) is 4.84. The van der Waals surface area contributed by atoms with Crippen molar-refractivity contribution in [2.24, 2.45) is 0 Å². The first-order valence-corrected chi connectivity index (χ1v) is 6.59. The molecule has 19 heavy (non-hydrogen) atoms. The maximum atomic E-state index is 13.3. The zero-order chi connectivity index (χ0) is 13.8. The van der Waals surface area contributed by atoms with Gasteiger partial charge in [-0.2, -0.15) is 0 Å². The molecule has 1 N–H and O–H groups in total. The number of pyridine rings is 1. The van der Waals surface area contributed by atoms with Crippen LogP contribution in [0.4, 0.5) is 4.39 Å². The Labute approximate surface area is 117 Å². The lowest BCUT2D eigenvalue weighted by Gasteiger charge is -2.19. The SMILES string of the molecule is CCNC(c1cncc(F)c1)c1ccc(C)c(Cl)c1. The van der Waals surface area contributed by atoms with Crippen molar-refractivity contribution in [3.05, 3.63) is 64.2 Å². The second-order valence-electron chi connectivity index (χ2n) is 4.44. The number of rotatable bonds is 4. The average Bonchev–Trinajstić information content (AvgIpc) is 2.39. The van der Waals surface area contributed by atoms with Crippen LogP contribution in [0.1, 0.15) is 29.7 Å². The van der Waals surface area contributed by atoms with Crippen molar-refractivity contribution in [1.29, 1.82) is 0 Å². The highest BCUT2D eigenvalue weighted by atomic mass is 35.5. The van der Waals surface area contributed by atoms with Crippen LogP contribution in [0.5, 0.6) is 0 Å². The van der Waals surface area contributed by atoms with Gasteiger partial charge in [0.05, 0.1) is 12.2 Å². The maximum Gasteiger partial charge on any atom is 0.141 e. The Hall–Kier alpha value is -1.45. The Morgan fingerprint density at radius 3 is 2.68 bits per heavy atom. The van der Waals surface area contributed by atoms with Crippen LogP contribution < -0.4 is 5.32 Å². The molecule has 0 amide bonds. The van der Waals surface area contributed by atoms with Crippen molar-refractivity contribution < 1.29 is 4.39 Å². The fraction of sp³-hybridized carbons (Fsp3) is 0.267. The lowest BCUT2D eigenvalue weighted by molar-refractivity contribution is 0.596. The molecule has 0 aliphatic rings. The van der Waals surface area contributed by atoms with E-state index in [1.165, 1.54) is 12.3 Å². The fourth-order valence-electron chi connectivity index (χ4n) is 2.01. The zero-order valence-electron chi connectivity index (χ0n) is 11.0. The molecule has 1 aromatic carbocycles. The van der Waals surface area contributed by atoms with Gasteiger partial charge in [0.15, 0.2) is 0 Å². The van der Waals surface area contributed by atoms with Crippen LogP contribution in [0.25, 0.3) is 0 Å². The van der Waals surface area contributed by atoms with Gasteiger partial charge in [-0.25, -0.2) is 4.39 Å². The maximum absolute atomic E-state index is 13.3. The van der Waals surface area contributed by atoms with Crippen molar-refractivity contribution in [3.8, 4) is 0 Å². The number of nitrogens with zero attached hydrogens (tertiary/aromatic N) is 1. The quantitative estimate of drug-likeness (QED) is 0.918. The molecule has 1 aromatic heterocycles. The largest absolute Gasteiger partial charge is 0.306 e. The van der Waals surface area contributed by atoms with Crippen LogP contribution >= 0.6 is 11.6 Å². The molecule has 0 fully saturated rings. The van der Waals surface area contributed by atoms with Gasteiger partial charge in [0, 0.05) is 11.2 Å². The number of halogens is 2. The van der Waals surface area contributed by atoms with E-state index in [2.05, 4.69) is 10.3 Å². The van der Waals surface area contributed by atoms with Crippen molar-refractivity contribution in [2.75, 3.05) is 6.54 Å². The van der Waals surface area contributed by atoms with E-state index in [4.69, 9.17) is 11.6 Å². The van der Waals surface area contributed by atoms with Crippen molar-refractivity contribution in [2.45, 2.75) is 19.9 Å². The molecule has 0 aliphatic heterocycles. The van der Waals surface area contributed by atoms with Crippen LogP contribution in [0.3, 0.4) is 0 Å². The third-order valence-electron chi connectivity index (χ3n) is 3.00. The predicted octanol–water partition coefficient (Wildman–Crippen LogP) is 3.88. The van der Waals surface area contributed by atoms with Crippen LogP contribution in [0, 0.1) is 12.7 Å². The molecule has 0 bridgehead atoms. The Balaban J connectivity index is 2.42. The summed E-state index contributed by atoms with van der Waals surface area (Å²) in [5.74, 6) is -0.335. The number of benzene rings is 1. The van der Waals surface area contributed by atoms with E-state index in [9.17, 15) is 4.39 Å². The van der Waals surface area contributed by atoms with E-state index in [1.807, 2.05) is 32.0 Å². The molecule has 1 atom stereocenters. The van der Waals surface area contributed by atoms with Crippen LogP contribution in [-0.4, -0.2) is 11.5 Å². The monoisotopic (exact) mass is 278 g/mol. The Kier molecular flexibility index (Phi) is 4.51. The van der Waals surface area contributed by atoms with Crippen LogP contribution in [-0.2, 0) is 0 Å². The van der Waals surface area contributed by atoms with E-state index in [0.717, 1.165) is 23.2 Å². The normalized spacial score (nSPS) is 12.4. The first-order chi connectivity index (χ1) is 9.11. The van der Waals surface area contributed by atoms with Gasteiger partial charge in [0.2, 0.25) is 0 Å². The van der Waals surface area contributed by atoms with Gasteiger partial charge in [-0.1, -0.05) is 30.7 Å². The van der Waals surface area contributed by atoms with E-state index >= 15 is 0 Å². The van der Waals surface area contributed by atoms with E-state index in [-0.39, 0.29) is 11.9 Å². The minimum atomic E-state index is -0.335. The summed E-state index contributed by atoms with van der Waals surface area (Å²) in [5, 5.41) is 4.04. The molecule has 0 aliphatic carbocycles. The summed E-state index contributed by atoms with van der Waals surface area (Å²) in [6, 6.07) is 7.27. The molecule has 100 valence electrons. The van der Waals surface area contributed by atoms with E-state index in [0.29, 0.717) is 5.02 Å². The smallest absolute Gasteiger partial charge is 0.141 e. The van der Waals surface area contributed by atoms with E-state index in [1.54, 1.807) is 6.20 Å². The van der Waals surface area contributed by atoms with Gasteiger partial charge >= 0.3 is 0 Å². The highest BCUT2D eigenvalue weighted by Gasteiger charge is 2.14. The summed E-state index contributed by atoms with van der Waals surface area (Å²) in [6.45, 7) is 4.74. The number of hydrogen-bond acceptors (Lipinski definition) is 2. The number of aromatic nitrogens is 1. The molecule has 1 heterocycles. The lowest BCUT2D eigenvalue weighted by Crippen LogP contribution is -2.22. The zero-order valence-corrected chi connectivity index (χ0v) is 11.7. The minimum Gasteiger partial charge on any atom is -0.306 e. The Bertz CT molecular complexity index is 572. The summed E-state index contributed by atoms with van der Waals surface area (Å²) in [7, 11) is 0. The molecular weight excluding hydrogens is 263 g/mol. The molecule has 4 heteroatoms. The first-order valence-electron chi connectivity index (χ1n) is 6.21. The summed E-state index contributed by atoms with van der Waals surface area (Å²) in [6.07, 6.45) is 2.87. The lowest BCUT2D eigenvalue weighted by atomic mass is 9.99. The van der Waals surface area contributed by atoms with Gasteiger partial charge in [-0.05, 0) is 42.3 Å². The summed E-state index contributed by atoms with van der Waals surface area (Å²) in [5.41, 5.74) is 2.82. The topological polar surface area (TPSA) is 24.9 Å². The second kappa shape index (κ2) is 6.13. The van der Waals surface area contributed by atoms with Crippen molar-refractivity contribution >= 4 is 11.6 Å². The standard InChI is InChI=1S/C15H16ClFN2/c1-3-19-15(12-6-13(17)9-18-8-12)11-5-4-10(2)14(16)7-11/h4-9,15,19H,3H2,1-2H3. The highest BCUT2D eigenvalue weighted by molar-refractivity contribution is 6.31. The van der Waals surface area contributed by atoms with Gasteiger partial charge < -0.3 is 5.32 Å². The fourth-order valence-corrected chi connectivity index (χ4v) is 2.20. The van der Waals surface area contributed by atoms with Gasteiger partial charge in [0.25, 0.3) is 0 Å². The van der Waals surface area contributed by atoms with Crippen LogP contribution in [0.15, 0.2) is 36.7 Å². The minimum absolute atomic E-state index is 0.105. The number of aryl methyl sites for hydroxylation is 1. The third-order valence-corrected chi connectivity index (χ3v) is 3.40. The number of hydrogen-bond donors (Lipinski definition) is 1. The molecule has 0 saturated carbocycles. The molecule has 2 aromatic rings. The molecule has 0 radical (unpaired) electrons. The third kappa shape index (κ3) is 3.31. The van der Waals surface area contributed by atoms with Crippen LogP contribution in [0.2, 0.25) is 5.02 Å². The molecule has 0 spiro atoms.